The van der Waals surface area contributed by atoms with Gasteiger partial charge in [-0.25, -0.2) is 8.42 Å². The highest BCUT2D eigenvalue weighted by atomic mass is 35.5. The third kappa shape index (κ3) is 4.12. The molecule has 0 amide bonds. The Balaban J connectivity index is 3.41. The summed E-state index contributed by atoms with van der Waals surface area (Å²) in [7, 11) is -4.38. The van der Waals surface area contributed by atoms with E-state index >= 15 is 0 Å². The molecule has 0 radical (unpaired) electrons. The molecule has 0 N–H and O–H groups in total. The maximum Gasteiger partial charge on any atom is 0.427 e. The number of rotatable bonds is 3. The zero-order valence-electron chi connectivity index (χ0n) is 9.63. The van der Waals surface area contributed by atoms with Gasteiger partial charge in [-0.05, 0) is 23.8 Å². The van der Waals surface area contributed by atoms with Gasteiger partial charge in [-0.15, -0.1) is 0 Å². The predicted octanol–water partition coefficient (Wildman–Crippen LogP) is 4.33. The molecule has 0 aliphatic carbocycles. The second kappa shape index (κ2) is 5.73. The molecule has 19 heavy (non-hydrogen) atoms. The summed E-state index contributed by atoms with van der Waals surface area (Å²) in [6.45, 7) is 1.14. The Morgan fingerprint density at radius 2 is 1.84 bits per heavy atom. The van der Waals surface area contributed by atoms with Crippen LogP contribution in [-0.4, -0.2) is 20.3 Å². The molecule has 0 spiro atoms. The van der Waals surface area contributed by atoms with E-state index in [1.165, 1.54) is 18.2 Å². The summed E-state index contributed by atoms with van der Waals surface area (Å²) in [5.74, 6) is -0.639. The highest BCUT2D eigenvalue weighted by Crippen LogP contribution is 2.33. The SMILES string of the molecule is CCS(=O)(=O)/C(=C\c1ccc(Cl)c(Cl)c1)C(F)(F)F. The lowest BCUT2D eigenvalue weighted by molar-refractivity contribution is -0.0836. The van der Waals surface area contributed by atoms with E-state index in [0.717, 1.165) is 6.92 Å². The minimum atomic E-state index is -4.96. The first-order chi connectivity index (χ1) is 8.58. The van der Waals surface area contributed by atoms with Gasteiger partial charge >= 0.3 is 6.18 Å². The number of sulfone groups is 1. The summed E-state index contributed by atoms with van der Waals surface area (Å²) in [5.41, 5.74) is 0.0127. The molecule has 0 heterocycles. The van der Waals surface area contributed by atoms with Crippen LogP contribution in [0.15, 0.2) is 23.1 Å². The van der Waals surface area contributed by atoms with Gasteiger partial charge in [0, 0.05) is 0 Å². The van der Waals surface area contributed by atoms with Gasteiger partial charge in [-0.1, -0.05) is 36.2 Å². The summed E-state index contributed by atoms with van der Waals surface area (Å²) in [6, 6.07) is 3.72. The van der Waals surface area contributed by atoms with Crippen LogP contribution in [0.1, 0.15) is 12.5 Å². The highest BCUT2D eigenvalue weighted by Gasteiger charge is 2.41. The van der Waals surface area contributed by atoms with Crippen LogP contribution in [0.4, 0.5) is 13.2 Å². The molecule has 1 aromatic carbocycles. The molecule has 0 aliphatic rings. The van der Waals surface area contributed by atoms with Crippen molar-refractivity contribution in [2.24, 2.45) is 0 Å². The third-order valence-electron chi connectivity index (χ3n) is 2.24. The molecule has 106 valence electrons. The van der Waals surface area contributed by atoms with E-state index in [9.17, 15) is 21.6 Å². The normalized spacial score (nSPS) is 13.7. The van der Waals surface area contributed by atoms with E-state index in [4.69, 9.17) is 23.2 Å². The van der Waals surface area contributed by atoms with Crippen molar-refractivity contribution in [3.05, 3.63) is 38.7 Å². The maximum atomic E-state index is 12.8. The Bertz CT molecular complexity index is 607. The van der Waals surface area contributed by atoms with Crippen molar-refractivity contribution in [1.82, 2.24) is 0 Å². The van der Waals surface area contributed by atoms with Crippen molar-refractivity contribution in [3.8, 4) is 0 Å². The van der Waals surface area contributed by atoms with E-state index < -0.39 is 26.7 Å². The molecular formula is C11H9Cl2F3O2S. The molecule has 0 saturated heterocycles. The maximum absolute atomic E-state index is 12.8. The molecule has 0 bridgehead atoms. The molecule has 0 saturated carbocycles. The predicted molar refractivity (Wildman–Crippen MR) is 70.0 cm³/mol. The summed E-state index contributed by atoms with van der Waals surface area (Å²) in [6.07, 6.45) is -4.41. The largest absolute Gasteiger partial charge is 0.427 e. The first-order valence-electron chi connectivity index (χ1n) is 5.04. The third-order valence-corrected chi connectivity index (χ3v) is 4.75. The highest BCUT2D eigenvalue weighted by molar-refractivity contribution is 7.95. The molecule has 0 fully saturated rings. The monoisotopic (exact) mass is 332 g/mol. The molecule has 0 aromatic heterocycles. The second-order valence-electron chi connectivity index (χ2n) is 3.58. The fraction of sp³-hybridized carbons (Fsp3) is 0.273. The van der Waals surface area contributed by atoms with Gasteiger partial charge in [0.25, 0.3) is 0 Å². The molecule has 0 aliphatic heterocycles. The summed E-state index contributed by atoms with van der Waals surface area (Å²) < 4.78 is 61.2. The van der Waals surface area contributed by atoms with E-state index in [-0.39, 0.29) is 15.6 Å². The van der Waals surface area contributed by atoms with Gasteiger partial charge in [0.05, 0.1) is 15.8 Å². The Labute approximate surface area is 118 Å². The lowest BCUT2D eigenvalue weighted by atomic mass is 10.2. The molecule has 8 heteroatoms. The van der Waals surface area contributed by atoms with Crippen LogP contribution in [0.5, 0.6) is 0 Å². The van der Waals surface area contributed by atoms with Crippen LogP contribution < -0.4 is 0 Å². The van der Waals surface area contributed by atoms with Crippen LogP contribution in [0, 0.1) is 0 Å². The van der Waals surface area contributed by atoms with Gasteiger partial charge in [-0.2, -0.15) is 13.2 Å². The van der Waals surface area contributed by atoms with Gasteiger partial charge in [-0.3, -0.25) is 0 Å². The number of benzene rings is 1. The van der Waals surface area contributed by atoms with Gasteiger partial charge < -0.3 is 0 Å². The average molecular weight is 333 g/mol. The Kier molecular flexibility index (Phi) is 4.92. The van der Waals surface area contributed by atoms with Crippen LogP contribution in [0.25, 0.3) is 6.08 Å². The summed E-state index contributed by atoms with van der Waals surface area (Å²) in [4.78, 5) is -1.60. The number of alkyl halides is 3. The van der Waals surface area contributed by atoms with Gasteiger partial charge in [0.2, 0.25) is 0 Å². The molecular weight excluding hydrogens is 324 g/mol. The minimum Gasteiger partial charge on any atom is -0.224 e. The Morgan fingerprint density at radius 3 is 2.26 bits per heavy atom. The van der Waals surface area contributed by atoms with E-state index in [1.54, 1.807) is 0 Å². The summed E-state index contributed by atoms with van der Waals surface area (Å²) >= 11 is 11.3. The van der Waals surface area contributed by atoms with Crippen LogP contribution in [-0.2, 0) is 9.84 Å². The van der Waals surface area contributed by atoms with Gasteiger partial charge in [0.15, 0.2) is 9.84 Å². The zero-order valence-corrected chi connectivity index (χ0v) is 12.0. The Morgan fingerprint density at radius 1 is 1.26 bits per heavy atom. The number of allylic oxidation sites excluding steroid dienone is 1. The van der Waals surface area contributed by atoms with Crippen LogP contribution >= 0.6 is 23.2 Å². The van der Waals surface area contributed by atoms with E-state index in [1.807, 2.05) is 0 Å². The van der Waals surface area contributed by atoms with Crippen molar-refractivity contribution in [2.45, 2.75) is 13.1 Å². The fourth-order valence-electron chi connectivity index (χ4n) is 1.26. The molecule has 1 aromatic rings. The standard InChI is InChI=1S/C11H9Cl2F3O2S/c1-2-19(17,18)10(11(14,15)16)6-7-3-4-8(12)9(13)5-7/h3-6H,2H2,1H3/b10-6-. The second-order valence-corrected chi connectivity index (χ2v) is 6.64. The minimum absolute atomic E-state index is 0.0127. The molecule has 2 nitrogen and oxygen atoms in total. The van der Waals surface area contributed by atoms with Crippen molar-refractivity contribution in [1.29, 1.82) is 0 Å². The number of hydrogen-bond acceptors (Lipinski definition) is 2. The Hall–Kier alpha value is -0.720. The number of hydrogen-bond donors (Lipinski definition) is 0. The first-order valence-corrected chi connectivity index (χ1v) is 7.45. The van der Waals surface area contributed by atoms with Gasteiger partial charge in [0.1, 0.15) is 4.91 Å². The van der Waals surface area contributed by atoms with Crippen molar-refractivity contribution >= 4 is 39.1 Å². The molecule has 1 rings (SSSR count). The summed E-state index contributed by atoms with van der Waals surface area (Å²) in [5, 5.41) is 0.219. The average Bonchev–Trinajstić information content (AvgIpc) is 2.28. The molecule has 0 unspecified atom stereocenters. The van der Waals surface area contributed by atoms with Crippen LogP contribution in [0.3, 0.4) is 0 Å². The van der Waals surface area contributed by atoms with Crippen molar-refractivity contribution in [2.75, 3.05) is 5.75 Å². The smallest absolute Gasteiger partial charge is 0.224 e. The zero-order chi connectivity index (χ0) is 14.8. The molecule has 0 atom stereocenters. The topological polar surface area (TPSA) is 34.1 Å². The van der Waals surface area contributed by atoms with Crippen molar-refractivity contribution in [3.63, 3.8) is 0 Å². The first kappa shape index (κ1) is 16.3. The van der Waals surface area contributed by atoms with E-state index in [0.29, 0.717) is 6.08 Å². The number of halogens is 5. The van der Waals surface area contributed by atoms with Crippen LogP contribution in [0.2, 0.25) is 10.0 Å². The van der Waals surface area contributed by atoms with Crippen molar-refractivity contribution < 1.29 is 21.6 Å². The lowest BCUT2D eigenvalue weighted by Crippen LogP contribution is -2.21. The lowest BCUT2D eigenvalue weighted by Gasteiger charge is -2.11. The van der Waals surface area contributed by atoms with E-state index in [2.05, 4.69) is 0 Å². The quantitative estimate of drug-likeness (QED) is 0.825. The fourth-order valence-corrected chi connectivity index (χ4v) is 2.54.